The fraction of sp³-hybridized carbons (Fsp3) is 0.550. The van der Waals surface area contributed by atoms with Crippen LogP contribution in [0, 0.1) is 0 Å². The number of carbonyl (C=O) groups is 2. The van der Waals surface area contributed by atoms with E-state index in [1.165, 1.54) is 11.3 Å². The van der Waals surface area contributed by atoms with E-state index in [0.717, 1.165) is 37.0 Å². The van der Waals surface area contributed by atoms with Crippen molar-refractivity contribution >= 4 is 23.3 Å². The number of amides is 2. The van der Waals surface area contributed by atoms with Gasteiger partial charge in [0.25, 0.3) is 5.91 Å². The summed E-state index contributed by atoms with van der Waals surface area (Å²) in [5.41, 5.74) is -0.842. The van der Waals surface area contributed by atoms with Crippen molar-refractivity contribution < 1.29 is 18.8 Å². The van der Waals surface area contributed by atoms with Gasteiger partial charge in [-0.3, -0.25) is 4.79 Å². The van der Waals surface area contributed by atoms with Gasteiger partial charge in [0.2, 0.25) is 0 Å². The lowest BCUT2D eigenvalue weighted by atomic mass is 9.81. The molecule has 1 fully saturated rings. The van der Waals surface area contributed by atoms with Gasteiger partial charge >= 0.3 is 6.09 Å². The van der Waals surface area contributed by atoms with E-state index in [2.05, 4.69) is 15.8 Å². The molecule has 152 valence electrons. The number of nitrogens with zero attached hydrogens (tertiary/aromatic N) is 1. The second kappa shape index (κ2) is 8.34. The molecule has 0 spiro atoms. The molecule has 2 aromatic heterocycles. The van der Waals surface area contributed by atoms with E-state index in [0.29, 0.717) is 12.3 Å². The first-order valence-electron chi connectivity index (χ1n) is 9.56. The number of thiophene rings is 1. The summed E-state index contributed by atoms with van der Waals surface area (Å²) in [5, 5.41) is 11.7. The van der Waals surface area contributed by atoms with Crippen LogP contribution in [0.15, 0.2) is 28.1 Å². The first-order chi connectivity index (χ1) is 13.3. The van der Waals surface area contributed by atoms with Gasteiger partial charge in [-0.05, 0) is 45.1 Å². The van der Waals surface area contributed by atoms with E-state index in [9.17, 15) is 9.59 Å². The van der Waals surface area contributed by atoms with Gasteiger partial charge in [0.15, 0.2) is 11.5 Å². The average molecular weight is 406 g/mol. The van der Waals surface area contributed by atoms with Crippen LogP contribution in [0.25, 0.3) is 10.6 Å². The average Bonchev–Trinajstić information content (AvgIpc) is 3.30. The van der Waals surface area contributed by atoms with Crippen molar-refractivity contribution in [1.82, 2.24) is 15.8 Å². The Morgan fingerprint density at radius 3 is 2.68 bits per heavy atom. The molecule has 0 radical (unpaired) electrons. The number of aromatic nitrogens is 1. The van der Waals surface area contributed by atoms with Crippen molar-refractivity contribution in [3.8, 4) is 10.6 Å². The van der Waals surface area contributed by atoms with Gasteiger partial charge in [0.05, 0.1) is 10.4 Å². The Hall–Kier alpha value is -2.35. The first-order valence-corrected chi connectivity index (χ1v) is 10.4. The minimum Gasteiger partial charge on any atom is -0.444 e. The third-order valence-corrected chi connectivity index (χ3v) is 5.56. The highest BCUT2D eigenvalue weighted by Gasteiger charge is 2.35. The van der Waals surface area contributed by atoms with E-state index in [1.807, 2.05) is 38.3 Å². The second-order valence-electron chi connectivity index (χ2n) is 8.20. The van der Waals surface area contributed by atoms with Crippen LogP contribution in [0.1, 0.15) is 63.4 Å². The van der Waals surface area contributed by atoms with Gasteiger partial charge in [-0.2, -0.15) is 0 Å². The topological polar surface area (TPSA) is 93.5 Å². The summed E-state index contributed by atoms with van der Waals surface area (Å²) in [6.45, 7) is 5.82. The molecule has 0 bridgehead atoms. The standard InChI is InChI=1S/C20H27N3O4S/c1-19(2,3)26-18(25)22-20(9-5-4-6-10-20)13-21-17(24)14-12-15(27-23-14)16-8-7-11-28-16/h7-8,11-12H,4-6,9-10,13H2,1-3H3,(H,21,24)(H,22,25). The predicted molar refractivity (Wildman–Crippen MR) is 107 cm³/mol. The molecule has 0 aromatic carbocycles. The third-order valence-electron chi connectivity index (χ3n) is 4.67. The lowest BCUT2D eigenvalue weighted by Gasteiger charge is -2.38. The summed E-state index contributed by atoms with van der Waals surface area (Å²) in [6, 6.07) is 5.46. The minimum atomic E-state index is -0.567. The van der Waals surface area contributed by atoms with Crippen LogP contribution in [0.3, 0.4) is 0 Å². The van der Waals surface area contributed by atoms with Gasteiger partial charge in [-0.1, -0.05) is 30.5 Å². The Kier molecular flexibility index (Phi) is 6.07. The Bertz CT molecular complexity index is 802. The SMILES string of the molecule is CC(C)(C)OC(=O)NC1(CNC(=O)c2cc(-c3cccs3)on2)CCCCC1. The highest BCUT2D eigenvalue weighted by Crippen LogP contribution is 2.29. The number of hydrogen-bond donors (Lipinski definition) is 2. The van der Waals surface area contributed by atoms with E-state index in [-0.39, 0.29) is 11.6 Å². The Labute approximate surface area is 168 Å². The number of nitrogens with one attached hydrogen (secondary N) is 2. The number of ether oxygens (including phenoxy) is 1. The third kappa shape index (κ3) is 5.34. The zero-order valence-electron chi connectivity index (χ0n) is 16.5. The molecule has 1 aliphatic carbocycles. The van der Waals surface area contributed by atoms with Crippen LogP contribution in [-0.2, 0) is 4.74 Å². The molecule has 1 saturated carbocycles. The lowest BCUT2D eigenvalue weighted by molar-refractivity contribution is 0.0419. The van der Waals surface area contributed by atoms with Crippen LogP contribution in [0.2, 0.25) is 0 Å². The molecular formula is C20H27N3O4S. The van der Waals surface area contributed by atoms with Crippen molar-refractivity contribution in [1.29, 1.82) is 0 Å². The molecule has 2 aromatic rings. The molecule has 2 amide bonds. The van der Waals surface area contributed by atoms with Gasteiger partial charge in [0.1, 0.15) is 5.60 Å². The van der Waals surface area contributed by atoms with Gasteiger partial charge < -0.3 is 19.9 Å². The van der Waals surface area contributed by atoms with Crippen molar-refractivity contribution in [3.63, 3.8) is 0 Å². The van der Waals surface area contributed by atoms with E-state index in [4.69, 9.17) is 9.26 Å². The van der Waals surface area contributed by atoms with Crippen LogP contribution in [0.4, 0.5) is 4.79 Å². The first kappa shape index (κ1) is 20.4. The molecule has 2 heterocycles. The molecule has 8 heteroatoms. The molecule has 3 rings (SSSR count). The van der Waals surface area contributed by atoms with Crippen LogP contribution >= 0.6 is 11.3 Å². The van der Waals surface area contributed by atoms with Gasteiger partial charge in [-0.25, -0.2) is 4.79 Å². The fourth-order valence-electron chi connectivity index (χ4n) is 3.35. The summed E-state index contributed by atoms with van der Waals surface area (Å²) in [6.07, 6.45) is 4.26. The number of alkyl carbamates (subject to hydrolysis) is 1. The van der Waals surface area contributed by atoms with Crippen LogP contribution in [0.5, 0.6) is 0 Å². The molecule has 2 N–H and O–H groups in total. The normalized spacial score (nSPS) is 16.4. The molecule has 0 unspecified atom stereocenters. The number of hydrogen-bond acceptors (Lipinski definition) is 6. The lowest BCUT2D eigenvalue weighted by Crippen LogP contribution is -2.57. The molecule has 0 aliphatic heterocycles. The Morgan fingerprint density at radius 1 is 1.29 bits per heavy atom. The monoisotopic (exact) mass is 405 g/mol. The molecule has 0 atom stereocenters. The smallest absolute Gasteiger partial charge is 0.408 e. The van der Waals surface area contributed by atoms with E-state index < -0.39 is 17.2 Å². The summed E-state index contributed by atoms with van der Waals surface area (Å²) in [5.74, 6) is 0.252. The fourth-order valence-corrected chi connectivity index (χ4v) is 4.03. The highest BCUT2D eigenvalue weighted by atomic mass is 32.1. The molecule has 7 nitrogen and oxygen atoms in total. The summed E-state index contributed by atoms with van der Waals surface area (Å²) in [7, 11) is 0. The second-order valence-corrected chi connectivity index (χ2v) is 9.15. The van der Waals surface area contributed by atoms with Crippen molar-refractivity contribution in [2.45, 2.75) is 64.0 Å². The van der Waals surface area contributed by atoms with Crippen LogP contribution in [-0.4, -0.2) is 34.8 Å². The molecule has 0 saturated heterocycles. The van der Waals surface area contributed by atoms with Crippen LogP contribution < -0.4 is 10.6 Å². The van der Waals surface area contributed by atoms with E-state index in [1.54, 1.807) is 6.07 Å². The van der Waals surface area contributed by atoms with Crippen molar-refractivity contribution in [2.75, 3.05) is 6.54 Å². The quantitative estimate of drug-likeness (QED) is 0.771. The predicted octanol–water partition coefficient (Wildman–Crippen LogP) is 4.36. The Morgan fingerprint density at radius 2 is 2.04 bits per heavy atom. The van der Waals surface area contributed by atoms with Crippen molar-refractivity contribution in [2.24, 2.45) is 0 Å². The number of carbonyl (C=O) groups excluding carboxylic acids is 2. The molecule has 28 heavy (non-hydrogen) atoms. The zero-order chi connectivity index (χ0) is 20.2. The maximum Gasteiger partial charge on any atom is 0.408 e. The van der Waals surface area contributed by atoms with Gasteiger partial charge in [-0.15, -0.1) is 11.3 Å². The minimum absolute atomic E-state index is 0.228. The van der Waals surface area contributed by atoms with Gasteiger partial charge in [0, 0.05) is 12.6 Å². The molecular weight excluding hydrogens is 378 g/mol. The summed E-state index contributed by atoms with van der Waals surface area (Å²) in [4.78, 5) is 25.8. The highest BCUT2D eigenvalue weighted by molar-refractivity contribution is 7.13. The maximum absolute atomic E-state index is 12.6. The number of rotatable bonds is 5. The largest absolute Gasteiger partial charge is 0.444 e. The van der Waals surface area contributed by atoms with Crippen molar-refractivity contribution in [3.05, 3.63) is 29.3 Å². The zero-order valence-corrected chi connectivity index (χ0v) is 17.4. The summed E-state index contributed by atoms with van der Waals surface area (Å²) < 4.78 is 10.7. The Balaban J connectivity index is 1.63. The molecule has 1 aliphatic rings. The maximum atomic E-state index is 12.6. The summed E-state index contributed by atoms with van der Waals surface area (Å²) >= 11 is 1.52. The van der Waals surface area contributed by atoms with E-state index >= 15 is 0 Å².